The molecule has 0 aromatic carbocycles. The maximum atomic E-state index is 4.57. The average molecular weight is 191 g/mol. The van der Waals surface area contributed by atoms with E-state index < -0.39 is 0 Å². The lowest BCUT2D eigenvalue weighted by molar-refractivity contribution is 0.563. The predicted octanol–water partition coefficient (Wildman–Crippen LogP) is 3.81. The largest absolute Gasteiger partial charge is 0.260 e. The topological polar surface area (TPSA) is 12.9 Å². The first-order valence-electron chi connectivity index (χ1n) is 5.29. The molecule has 1 nitrogen and oxygen atoms in total. The van der Waals surface area contributed by atoms with Gasteiger partial charge >= 0.3 is 0 Å². The van der Waals surface area contributed by atoms with Crippen molar-refractivity contribution in [3.05, 3.63) is 29.1 Å². The van der Waals surface area contributed by atoms with Crippen LogP contribution in [0.3, 0.4) is 0 Å². The molecular formula is C13H21N. The van der Waals surface area contributed by atoms with Crippen LogP contribution in [0, 0.1) is 6.92 Å². The summed E-state index contributed by atoms with van der Waals surface area (Å²) >= 11 is 0. The molecule has 14 heavy (non-hydrogen) atoms. The molecule has 1 heteroatoms. The van der Waals surface area contributed by atoms with Crippen molar-refractivity contribution in [1.82, 2.24) is 4.98 Å². The van der Waals surface area contributed by atoms with Crippen molar-refractivity contribution < 1.29 is 0 Å². The van der Waals surface area contributed by atoms with E-state index in [2.05, 4.69) is 52.6 Å². The predicted molar refractivity (Wildman–Crippen MR) is 61.8 cm³/mol. The van der Waals surface area contributed by atoms with Gasteiger partial charge in [-0.1, -0.05) is 40.7 Å². The Morgan fingerprint density at radius 1 is 1.21 bits per heavy atom. The van der Waals surface area contributed by atoms with E-state index in [1.807, 2.05) is 6.20 Å². The van der Waals surface area contributed by atoms with Crippen LogP contribution in [0.5, 0.6) is 0 Å². The molecular weight excluding hydrogens is 170 g/mol. The van der Waals surface area contributed by atoms with Gasteiger partial charge in [0.2, 0.25) is 0 Å². The van der Waals surface area contributed by atoms with Gasteiger partial charge in [0.15, 0.2) is 0 Å². The normalized spacial score (nSPS) is 12.2. The fourth-order valence-electron chi connectivity index (χ4n) is 1.70. The van der Waals surface area contributed by atoms with E-state index in [1.54, 1.807) is 0 Å². The molecule has 0 saturated carbocycles. The fourth-order valence-corrected chi connectivity index (χ4v) is 1.70. The van der Waals surface area contributed by atoms with Crippen molar-refractivity contribution in [2.24, 2.45) is 0 Å². The van der Waals surface area contributed by atoms with Crippen molar-refractivity contribution in [2.75, 3.05) is 0 Å². The lowest BCUT2D eigenvalue weighted by atomic mass is 9.87. The third-order valence-electron chi connectivity index (χ3n) is 2.48. The Kier molecular flexibility index (Phi) is 2.98. The molecule has 0 unspecified atom stereocenters. The number of rotatable bonds is 1. The van der Waals surface area contributed by atoms with E-state index in [4.69, 9.17) is 0 Å². The van der Waals surface area contributed by atoms with E-state index in [1.165, 1.54) is 16.8 Å². The highest BCUT2D eigenvalue weighted by molar-refractivity contribution is 5.29. The monoisotopic (exact) mass is 191 g/mol. The minimum absolute atomic E-state index is 0.152. The molecule has 0 spiro atoms. The van der Waals surface area contributed by atoms with Gasteiger partial charge in [0.1, 0.15) is 0 Å². The summed E-state index contributed by atoms with van der Waals surface area (Å²) in [6.07, 6.45) is 2.01. The van der Waals surface area contributed by atoms with Crippen molar-refractivity contribution in [1.29, 1.82) is 0 Å². The minimum atomic E-state index is 0.152. The van der Waals surface area contributed by atoms with Crippen LogP contribution in [-0.2, 0) is 5.41 Å². The van der Waals surface area contributed by atoms with Crippen LogP contribution >= 0.6 is 0 Å². The van der Waals surface area contributed by atoms with Crippen LogP contribution in [0.15, 0.2) is 12.3 Å². The first-order valence-corrected chi connectivity index (χ1v) is 5.29. The summed E-state index contributed by atoms with van der Waals surface area (Å²) in [6, 6.07) is 2.26. The molecule has 1 heterocycles. The summed E-state index contributed by atoms with van der Waals surface area (Å²) in [6.45, 7) is 13.2. The number of aromatic nitrogens is 1. The molecule has 78 valence electrons. The molecule has 0 radical (unpaired) electrons. The van der Waals surface area contributed by atoms with Gasteiger partial charge < -0.3 is 0 Å². The zero-order chi connectivity index (χ0) is 10.9. The molecule has 0 amide bonds. The highest BCUT2D eigenvalue weighted by Gasteiger charge is 2.18. The van der Waals surface area contributed by atoms with Crippen LogP contribution in [0.2, 0.25) is 0 Å². The summed E-state index contributed by atoms with van der Waals surface area (Å²) in [5, 5.41) is 0. The number of nitrogens with zero attached hydrogens (tertiary/aromatic N) is 1. The van der Waals surface area contributed by atoms with Gasteiger partial charge in [0.05, 0.1) is 0 Å². The number of pyridine rings is 1. The second-order valence-electron chi connectivity index (χ2n) is 5.34. The van der Waals surface area contributed by atoms with Gasteiger partial charge in [-0.3, -0.25) is 4.98 Å². The standard InChI is InChI=1S/C13H21N/c1-9(2)11-7-10(3)12(14-8-11)13(4,5)6/h7-9H,1-6H3. The van der Waals surface area contributed by atoms with Crippen molar-refractivity contribution >= 4 is 0 Å². The Morgan fingerprint density at radius 3 is 2.14 bits per heavy atom. The Bertz CT molecular complexity index is 318. The fraction of sp³-hybridized carbons (Fsp3) is 0.615. The molecule has 0 aliphatic rings. The van der Waals surface area contributed by atoms with Crippen LogP contribution in [-0.4, -0.2) is 4.98 Å². The molecule has 0 fully saturated rings. The summed E-state index contributed by atoms with van der Waals surface area (Å²) in [5.41, 5.74) is 4.00. The van der Waals surface area contributed by atoms with Crippen molar-refractivity contribution in [2.45, 2.75) is 52.9 Å². The van der Waals surface area contributed by atoms with E-state index in [0.717, 1.165) is 0 Å². The maximum absolute atomic E-state index is 4.57. The van der Waals surface area contributed by atoms with Crippen molar-refractivity contribution in [3.8, 4) is 0 Å². The summed E-state index contributed by atoms with van der Waals surface area (Å²) in [5.74, 6) is 0.565. The molecule has 0 aliphatic heterocycles. The van der Waals surface area contributed by atoms with Crippen molar-refractivity contribution in [3.63, 3.8) is 0 Å². The minimum Gasteiger partial charge on any atom is -0.260 e. The van der Waals surface area contributed by atoms with Gasteiger partial charge in [0.25, 0.3) is 0 Å². The van der Waals surface area contributed by atoms with Gasteiger partial charge in [-0.15, -0.1) is 0 Å². The van der Waals surface area contributed by atoms with Gasteiger partial charge in [-0.05, 0) is 24.0 Å². The van der Waals surface area contributed by atoms with Crippen LogP contribution < -0.4 is 0 Å². The second kappa shape index (κ2) is 3.72. The zero-order valence-corrected chi connectivity index (χ0v) is 10.2. The summed E-state index contributed by atoms with van der Waals surface area (Å²) in [7, 11) is 0. The van der Waals surface area contributed by atoms with Crippen LogP contribution in [0.25, 0.3) is 0 Å². The third-order valence-corrected chi connectivity index (χ3v) is 2.48. The van der Waals surface area contributed by atoms with Gasteiger partial charge in [-0.2, -0.15) is 0 Å². The van der Waals surface area contributed by atoms with Gasteiger partial charge in [0, 0.05) is 17.3 Å². The molecule has 1 aromatic rings. The number of hydrogen-bond acceptors (Lipinski definition) is 1. The molecule has 0 atom stereocenters. The highest BCUT2D eigenvalue weighted by atomic mass is 14.7. The lowest BCUT2D eigenvalue weighted by Gasteiger charge is -2.21. The van der Waals surface area contributed by atoms with Crippen LogP contribution in [0.4, 0.5) is 0 Å². The number of aryl methyl sites for hydroxylation is 1. The van der Waals surface area contributed by atoms with Crippen LogP contribution in [0.1, 0.15) is 57.4 Å². The molecule has 0 N–H and O–H groups in total. The Labute approximate surface area is 87.6 Å². The zero-order valence-electron chi connectivity index (χ0n) is 10.2. The Hall–Kier alpha value is -0.850. The number of hydrogen-bond donors (Lipinski definition) is 0. The smallest absolute Gasteiger partial charge is 0.0486 e. The van der Waals surface area contributed by atoms with E-state index in [0.29, 0.717) is 5.92 Å². The first kappa shape index (κ1) is 11.2. The highest BCUT2D eigenvalue weighted by Crippen LogP contribution is 2.25. The first-order chi connectivity index (χ1) is 6.32. The second-order valence-corrected chi connectivity index (χ2v) is 5.34. The van der Waals surface area contributed by atoms with Gasteiger partial charge in [-0.25, -0.2) is 0 Å². The SMILES string of the molecule is Cc1cc(C(C)C)cnc1C(C)(C)C. The van der Waals surface area contributed by atoms with E-state index in [9.17, 15) is 0 Å². The maximum Gasteiger partial charge on any atom is 0.0486 e. The quantitative estimate of drug-likeness (QED) is 0.657. The third kappa shape index (κ3) is 2.34. The molecule has 1 rings (SSSR count). The molecule has 1 aromatic heterocycles. The van der Waals surface area contributed by atoms with E-state index >= 15 is 0 Å². The Balaban J connectivity index is 3.15. The van der Waals surface area contributed by atoms with E-state index in [-0.39, 0.29) is 5.41 Å². The summed E-state index contributed by atoms with van der Waals surface area (Å²) in [4.78, 5) is 4.57. The lowest BCUT2D eigenvalue weighted by Crippen LogP contribution is -2.15. The summed E-state index contributed by atoms with van der Waals surface area (Å²) < 4.78 is 0. The molecule has 0 saturated heterocycles. The molecule has 0 bridgehead atoms. The molecule has 0 aliphatic carbocycles. The average Bonchev–Trinajstić information content (AvgIpc) is 2.01. The Morgan fingerprint density at radius 2 is 1.79 bits per heavy atom.